The Labute approximate surface area is 90.0 Å². The SMILES string of the molecule is NC1=C(Cl)C(=O)c2c(O)cccc2C1=O. The van der Waals surface area contributed by atoms with Crippen LogP contribution in [0.3, 0.4) is 0 Å². The zero-order chi connectivity index (χ0) is 11.2. The number of fused-ring (bicyclic) bond motifs is 1. The Kier molecular flexibility index (Phi) is 2.01. The van der Waals surface area contributed by atoms with Gasteiger partial charge in [0.15, 0.2) is 0 Å². The second kappa shape index (κ2) is 3.10. The fourth-order valence-electron chi connectivity index (χ4n) is 1.44. The highest BCUT2D eigenvalue weighted by molar-refractivity contribution is 6.50. The van der Waals surface area contributed by atoms with E-state index in [0.29, 0.717) is 0 Å². The first-order valence-corrected chi connectivity index (χ1v) is 4.48. The summed E-state index contributed by atoms with van der Waals surface area (Å²) in [6.07, 6.45) is 0. The van der Waals surface area contributed by atoms with Gasteiger partial charge >= 0.3 is 0 Å². The van der Waals surface area contributed by atoms with Crippen LogP contribution in [0.1, 0.15) is 20.7 Å². The zero-order valence-electron chi connectivity index (χ0n) is 7.45. The van der Waals surface area contributed by atoms with E-state index in [9.17, 15) is 14.7 Å². The van der Waals surface area contributed by atoms with Crippen molar-refractivity contribution in [3.8, 4) is 5.75 Å². The number of allylic oxidation sites excluding steroid dienone is 2. The third-order valence-corrected chi connectivity index (χ3v) is 2.57. The van der Waals surface area contributed by atoms with Gasteiger partial charge in [-0.25, -0.2) is 0 Å². The molecule has 15 heavy (non-hydrogen) atoms. The molecule has 1 aliphatic rings. The maximum absolute atomic E-state index is 11.6. The number of carbonyl (C=O) groups is 2. The number of ketones is 2. The van der Waals surface area contributed by atoms with E-state index in [1.807, 2.05) is 0 Å². The molecule has 0 saturated carbocycles. The summed E-state index contributed by atoms with van der Waals surface area (Å²) in [6, 6.07) is 4.20. The molecule has 5 heteroatoms. The lowest BCUT2D eigenvalue weighted by Crippen LogP contribution is -2.24. The number of rotatable bonds is 0. The van der Waals surface area contributed by atoms with Gasteiger partial charge < -0.3 is 10.8 Å². The quantitative estimate of drug-likeness (QED) is 0.692. The van der Waals surface area contributed by atoms with E-state index in [2.05, 4.69) is 0 Å². The standard InChI is InChI=1S/C10H6ClNO3/c11-7-8(12)9(14)4-2-1-3-5(13)6(4)10(7)15/h1-3,13H,12H2. The molecule has 3 N–H and O–H groups in total. The van der Waals surface area contributed by atoms with E-state index in [0.717, 1.165) is 0 Å². The van der Waals surface area contributed by atoms with Crippen LogP contribution in [-0.4, -0.2) is 16.7 Å². The average Bonchev–Trinajstić information content (AvgIpc) is 2.23. The molecule has 0 saturated heterocycles. The van der Waals surface area contributed by atoms with Gasteiger partial charge in [-0.2, -0.15) is 0 Å². The summed E-state index contributed by atoms with van der Waals surface area (Å²) >= 11 is 5.59. The molecule has 0 unspecified atom stereocenters. The van der Waals surface area contributed by atoms with Crippen molar-refractivity contribution in [3.05, 3.63) is 40.1 Å². The van der Waals surface area contributed by atoms with Crippen molar-refractivity contribution in [2.75, 3.05) is 0 Å². The predicted octanol–water partition coefficient (Wildman–Crippen LogP) is 1.18. The summed E-state index contributed by atoms with van der Waals surface area (Å²) in [5, 5.41) is 9.11. The van der Waals surface area contributed by atoms with Crippen molar-refractivity contribution in [2.24, 2.45) is 5.73 Å². The first-order valence-electron chi connectivity index (χ1n) is 4.10. The molecule has 0 atom stereocenters. The molecule has 0 aromatic heterocycles. The van der Waals surface area contributed by atoms with Crippen molar-refractivity contribution in [1.82, 2.24) is 0 Å². The minimum atomic E-state index is -0.623. The van der Waals surface area contributed by atoms with Crippen LogP contribution >= 0.6 is 11.6 Å². The fourth-order valence-corrected chi connectivity index (χ4v) is 1.63. The van der Waals surface area contributed by atoms with Crippen molar-refractivity contribution in [1.29, 1.82) is 0 Å². The first-order chi connectivity index (χ1) is 7.04. The average molecular weight is 224 g/mol. The van der Waals surface area contributed by atoms with Crippen molar-refractivity contribution < 1.29 is 14.7 Å². The number of phenols is 1. The zero-order valence-corrected chi connectivity index (χ0v) is 8.21. The molecular weight excluding hydrogens is 218 g/mol. The number of aromatic hydroxyl groups is 1. The van der Waals surface area contributed by atoms with Crippen LogP contribution in [-0.2, 0) is 0 Å². The molecule has 0 fully saturated rings. The molecule has 4 nitrogen and oxygen atoms in total. The summed E-state index contributed by atoms with van der Waals surface area (Å²) in [5.74, 6) is -1.43. The number of carbonyl (C=O) groups excluding carboxylic acids is 2. The molecule has 0 spiro atoms. The topological polar surface area (TPSA) is 80.4 Å². The number of nitrogens with two attached hydrogens (primary N) is 1. The van der Waals surface area contributed by atoms with Gasteiger partial charge in [0, 0.05) is 5.56 Å². The second-order valence-corrected chi connectivity index (χ2v) is 3.46. The Bertz CT molecular complexity index is 519. The highest BCUT2D eigenvalue weighted by Gasteiger charge is 2.31. The lowest BCUT2D eigenvalue weighted by Gasteiger charge is -2.15. The van der Waals surface area contributed by atoms with Gasteiger partial charge in [-0.05, 0) is 12.1 Å². The van der Waals surface area contributed by atoms with Gasteiger partial charge in [0.05, 0.1) is 5.56 Å². The molecular formula is C10H6ClNO3. The maximum atomic E-state index is 11.6. The van der Waals surface area contributed by atoms with Crippen LogP contribution in [0.25, 0.3) is 0 Å². The molecule has 2 rings (SSSR count). The number of hydrogen-bond acceptors (Lipinski definition) is 4. The second-order valence-electron chi connectivity index (χ2n) is 3.09. The lowest BCUT2D eigenvalue weighted by atomic mass is 9.92. The Morgan fingerprint density at radius 1 is 1.20 bits per heavy atom. The molecule has 1 aliphatic carbocycles. The van der Waals surface area contributed by atoms with E-state index in [1.165, 1.54) is 18.2 Å². The molecule has 0 bridgehead atoms. The van der Waals surface area contributed by atoms with Gasteiger partial charge in [0.25, 0.3) is 0 Å². The van der Waals surface area contributed by atoms with Crippen LogP contribution in [0.2, 0.25) is 0 Å². The minimum absolute atomic E-state index is 0.0818. The molecule has 1 aromatic carbocycles. The monoisotopic (exact) mass is 223 g/mol. The number of halogens is 1. The summed E-state index contributed by atoms with van der Waals surface area (Å²) < 4.78 is 0. The third-order valence-electron chi connectivity index (χ3n) is 2.19. The summed E-state index contributed by atoms with van der Waals surface area (Å²) in [5.41, 5.74) is 5.10. The van der Waals surface area contributed by atoms with Crippen molar-refractivity contribution in [3.63, 3.8) is 0 Å². The lowest BCUT2D eigenvalue weighted by molar-refractivity contribution is 0.0977. The van der Waals surface area contributed by atoms with Gasteiger partial charge in [0.1, 0.15) is 16.5 Å². The van der Waals surface area contributed by atoms with Gasteiger partial charge in [-0.1, -0.05) is 17.7 Å². The number of benzene rings is 1. The Hall–Kier alpha value is -1.81. The molecule has 0 amide bonds. The minimum Gasteiger partial charge on any atom is -0.507 e. The van der Waals surface area contributed by atoms with Gasteiger partial charge in [0.2, 0.25) is 11.6 Å². The van der Waals surface area contributed by atoms with Crippen LogP contribution in [0.15, 0.2) is 28.9 Å². The van der Waals surface area contributed by atoms with E-state index >= 15 is 0 Å². The third kappa shape index (κ3) is 1.22. The van der Waals surface area contributed by atoms with Crippen LogP contribution in [0.5, 0.6) is 5.75 Å². The largest absolute Gasteiger partial charge is 0.507 e. The number of Topliss-reactive ketones (excluding diaryl/α,β-unsaturated/α-hetero) is 2. The Morgan fingerprint density at radius 3 is 2.53 bits per heavy atom. The van der Waals surface area contributed by atoms with Crippen LogP contribution in [0.4, 0.5) is 0 Å². The fraction of sp³-hybridized carbons (Fsp3) is 0. The highest BCUT2D eigenvalue weighted by atomic mass is 35.5. The summed E-state index contributed by atoms with van der Waals surface area (Å²) in [4.78, 5) is 23.2. The van der Waals surface area contributed by atoms with E-state index in [1.54, 1.807) is 0 Å². The molecule has 0 radical (unpaired) electrons. The van der Waals surface area contributed by atoms with Gasteiger partial charge in [-0.15, -0.1) is 0 Å². The van der Waals surface area contributed by atoms with E-state index < -0.39 is 11.6 Å². The van der Waals surface area contributed by atoms with Crippen LogP contribution in [0, 0.1) is 0 Å². The molecule has 1 aromatic rings. The number of hydrogen-bond donors (Lipinski definition) is 2. The van der Waals surface area contributed by atoms with E-state index in [4.69, 9.17) is 17.3 Å². The predicted molar refractivity (Wildman–Crippen MR) is 53.8 cm³/mol. The first kappa shape index (κ1) is 9.73. The van der Waals surface area contributed by atoms with Crippen LogP contribution < -0.4 is 5.73 Å². The highest BCUT2D eigenvalue weighted by Crippen LogP contribution is 2.31. The molecule has 0 heterocycles. The molecule has 0 aliphatic heterocycles. The number of phenolic OH excluding ortho intramolecular Hbond substituents is 1. The van der Waals surface area contributed by atoms with E-state index in [-0.39, 0.29) is 27.6 Å². The Morgan fingerprint density at radius 2 is 1.87 bits per heavy atom. The van der Waals surface area contributed by atoms with Crippen molar-refractivity contribution >= 4 is 23.2 Å². The van der Waals surface area contributed by atoms with Crippen molar-refractivity contribution in [2.45, 2.75) is 0 Å². The summed E-state index contributed by atoms with van der Waals surface area (Å²) in [6.45, 7) is 0. The smallest absolute Gasteiger partial charge is 0.211 e. The Balaban J connectivity index is 2.79. The normalized spacial score (nSPS) is 15.5. The van der Waals surface area contributed by atoms with Gasteiger partial charge in [-0.3, -0.25) is 9.59 Å². The maximum Gasteiger partial charge on any atom is 0.211 e. The molecule has 76 valence electrons. The summed E-state index contributed by atoms with van der Waals surface area (Å²) in [7, 11) is 0.